The average molecular weight is 379 g/mol. The number of ether oxygens (including phenoxy) is 1. The van der Waals surface area contributed by atoms with Gasteiger partial charge >= 0.3 is 12.1 Å². The van der Waals surface area contributed by atoms with Crippen molar-refractivity contribution in [2.75, 3.05) is 13.2 Å². The van der Waals surface area contributed by atoms with Crippen molar-refractivity contribution in [1.29, 1.82) is 0 Å². The summed E-state index contributed by atoms with van der Waals surface area (Å²) in [6.07, 6.45) is 0.877. The number of fused-ring (bicyclic) bond motifs is 3. The highest BCUT2D eigenvalue weighted by Crippen LogP contribution is 2.44. The van der Waals surface area contributed by atoms with Crippen molar-refractivity contribution in [2.24, 2.45) is 5.92 Å². The minimum Gasteiger partial charge on any atom is -0.480 e. The Bertz CT molecular complexity index is 844. The van der Waals surface area contributed by atoms with Gasteiger partial charge in [-0.05, 0) is 28.2 Å². The van der Waals surface area contributed by atoms with Crippen molar-refractivity contribution in [3.8, 4) is 11.1 Å². The third kappa shape index (κ3) is 3.65. The van der Waals surface area contributed by atoms with E-state index in [1.54, 1.807) is 13.8 Å². The first-order valence-corrected chi connectivity index (χ1v) is 9.41. The first kappa shape index (κ1) is 19.7. The fourth-order valence-corrected chi connectivity index (χ4v) is 3.90. The number of carbonyl (C=O) groups excluding carboxylic acids is 1. The zero-order valence-electron chi connectivity index (χ0n) is 16.2. The fourth-order valence-electron chi connectivity index (χ4n) is 3.90. The molecule has 146 valence electrons. The molecule has 1 aliphatic rings. The molecule has 3 rings (SSSR count). The monoisotopic (exact) mass is 379 g/mol. The molecular weight excluding hydrogens is 354 g/mol. The zero-order chi connectivity index (χ0) is 20.3. The first-order chi connectivity index (χ1) is 13.5. The molecule has 0 spiro atoms. The Kier molecular flexibility index (Phi) is 5.83. The van der Waals surface area contributed by atoms with Crippen molar-refractivity contribution in [1.82, 2.24) is 4.90 Å². The van der Waals surface area contributed by atoms with Crippen molar-refractivity contribution in [2.45, 2.75) is 25.8 Å². The maximum atomic E-state index is 12.8. The van der Waals surface area contributed by atoms with Crippen molar-refractivity contribution in [3.63, 3.8) is 0 Å². The van der Waals surface area contributed by atoms with Crippen LogP contribution in [0.5, 0.6) is 0 Å². The van der Waals surface area contributed by atoms with E-state index in [1.165, 1.54) is 11.0 Å². The molecule has 1 atom stereocenters. The van der Waals surface area contributed by atoms with Crippen LogP contribution in [0.25, 0.3) is 11.1 Å². The number of hydrogen-bond acceptors (Lipinski definition) is 3. The van der Waals surface area contributed by atoms with Crippen LogP contribution in [0, 0.1) is 5.92 Å². The second-order valence-electron chi connectivity index (χ2n) is 7.27. The van der Waals surface area contributed by atoms with Gasteiger partial charge in [-0.3, -0.25) is 4.90 Å². The number of nitrogens with zero attached hydrogens (tertiary/aromatic N) is 1. The minimum absolute atomic E-state index is 0.0655. The van der Waals surface area contributed by atoms with Gasteiger partial charge in [0, 0.05) is 12.5 Å². The van der Waals surface area contributed by atoms with Crippen LogP contribution in [0.1, 0.15) is 30.9 Å². The third-order valence-electron chi connectivity index (χ3n) is 5.12. The molecule has 0 aliphatic heterocycles. The summed E-state index contributed by atoms with van der Waals surface area (Å²) in [5, 5.41) is 9.55. The summed E-state index contributed by atoms with van der Waals surface area (Å²) in [5.41, 5.74) is 4.52. The van der Waals surface area contributed by atoms with Gasteiger partial charge in [0.25, 0.3) is 0 Å². The summed E-state index contributed by atoms with van der Waals surface area (Å²) in [5.74, 6) is -1.37. The number of amides is 1. The average Bonchev–Trinajstić information content (AvgIpc) is 2.99. The van der Waals surface area contributed by atoms with Gasteiger partial charge in [-0.2, -0.15) is 0 Å². The van der Waals surface area contributed by atoms with E-state index in [9.17, 15) is 14.7 Å². The highest BCUT2D eigenvalue weighted by Gasteiger charge is 2.34. The van der Waals surface area contributed by atoms with E-state index >= 15 is 0 Å². The number of benzene rings is 2. The SMILES string of the molecule is C=CCN(C(=O)OCC1c2ccccc2-c2ccccc21)[C@H](C(=O)O)C(C)C. The smallest absolute Gasteiger partial charge is 0.410 e. The quantitative estimate of drug-likeness (QED) is 0.718. The van der Waals surface area contributed by atoms with Gasteiger partial charge < -0.3 is 9.84 Å². The highest BCUT2D eigenvalue weighted by atomic mass is 16.6. The van der Waals surface area contributed by atoms with Gasteiger partial charge in [0.15, 0.2) is 0 Å². The normalized spacial score (nSPS) is 13.5. The summed E-state index contributed by atoms with van der Waals surface area (Å²) in [6.45, 7) is 7.45. The lowest BCUT2D eigenvalue weighted by Gasteiger charge is -2.30. The van der Waals surface area contributed by atoms with E-state index in [0.717, 1.165) is 22.3 Å². The van der Waals surface area contributed by atoms with Gasteiger partial charge in [-0.15, -0.1) is 6.58 Å². The highest BCUT2D eigenvalue weighted by molar-refractivity contribution is 5.81. The van der Waals surface area contributed by atoms with Crippen LogP contribution < -0.4 is 0 Å². The summed E-state index contributed by atoms with van der Waals surface area (Å²) in [7, 11) is 0. The largest absolute Gasteiger partial charge is 0.480 e. The molecule has 0 fully saturated rings. The minimum atomic E-state index is -1.05. The van der Waals surface area contributed by atoms with Gasteiger partial charge in [0.1, 0.15) is 12.6 Å². The Morgan fingerprint density at radius 1 is 1.11 bits per heavy atom. The molecule has 1 amide bonds. The Morgan fingerprint density at radius 3 is 2.11 bits per heavy atom. The molecule has 0 aromatic heterocycles. The number of carboxylic acid groups (broad SMARTS) is 1. The summed E-state index contributed by atoms with van der Waals surface area (Å²) in [4.78, 5) is 25.7. The van der Waals surface area contributed by atoms with E-state index in [0.29, 0.717) is 0 Å². The van der Waals surface area contributed by atoms with Crippen molar-refractivity contribution < 1.29 is 19.4 Å². The van der Waals surface area contributed by atoms with Crippen LogP contribution in [0.4, 0.5) is 4.79 Å². The van der Waals surface area contributed by atoms with E-state index in [4.69, 9.17) is 4.74 Å². The number of rotatable bonds is 7. The predicted molar refractivity (Wildman–Crippen MR) is 108 cm³/mol. The first-order valence-electron chi connectivity index (χ1n) is 9.41. The molecule has 2 aromatic carbocycles. The number of aliphatic carboxylic acids is 1. The molecule has 2 aromatic rings. The molecular formula is C23H25NO4. The molecule has 5 nitrogen and oxygen atoms in total. The Morgan fingerprint density at radius 2 is 1.64 bits per heavy atom. The molecule has 0 radical (unpaired) electrons. The number of hydrogen-bond donors (Lipinski definition) is 1. The lowest BCUT2D eigenvalue weighted by molar-refractivity contribution is -0.144. The lowest BCUT2D eigenvalue weighted by Crippen LogP contribution is -2.48. The van der Waals surface area contributed by atoms with Crippen molar-refractivity contribution in [3.05, 3.63) is 72.3 Å². The number of carbonyl (C=O) groups is 2. The van der Waals surface area contributed by atoms with Crippen LogP contribution in [0.3, 0.4) is 0 Å². The van der Waals surface area contributed by atoms with Crippen LogP contribution in [-0.4, -0.2) is 41.3 Å². The molecule has 1 aliphatic carbocycles. The zero-order valence-corrected chi connectivity index (χ0v) is 16.2. The molecule has 0 saturated heterocycles. The second kappa shape index (κ2) is 8.30. The predicted octanol–water partition coefficient (Wildman–Crippen LogP) is 4.53. The van der Waals surface area contributed by atoms with Gasteiger partial charge in [-0.1, -0.05) is 68.5 Å². The van der Waals surface area contributed by atoms with Crippen molar-refractivity contribution >= 4 is 12.1 Å². The van der Waals surface area contributed by atoms with Crippen LogP contribution in [-0.2, 0) is 9.53 Å². The maximum Gasteiger partial charge on any atom is 0.410 e. The van der Waals surface area contributed by atoms with Gasteiger partial charge in [-0.25, -0.2) is 9.59 Å². The van der Waals surface area contributed by atoms with Crippen LogP contribution >= 0.6 is 0 Å². The number of carboxylic acids is 1. The van der Waals surface area contributed by atoms with Gasteiger partial charge in [0.05, 0.1) is 0 Å². The molecule has 0 heterocycles. The van der Waals surface area contributed by atoms with E-state index in [2.05, 4.69) is 18.7 Å². The second-order valence-corrected chi connectivity index (χ2v) is 7.27. The molecule has 0 saturated carbocycles. The third-order valence-corrected chi connectivity index (χ3v) is 5.12. The Labute approximate surface area is 165 Å². The molecule has 5 heteroatoms. The lowest BCUT2D eigenvalue weighted by atomic mass is 9.98. The molecule has 1 N–H and O–H groups in total. The standard InChI is InChI=1S/C23H25NO4/c1-4-13-24(21(15(2)3)22(25)26)23(27)28-14-20-18-11-7-5-9-16(18)17-10-6-8-12-19(17)20/h4-12,15,20-21H,1,13-14H2,2-3H3,(H,25,26)/t21-/m0/s1. The summed E-state index contributed by atoms with van der Waals surface area (Å²) in [6, 6.07) is 15.2. The Balaban J connectivity index is 1.82. The van der Waals surface area contributed by atoms with Crippen LogP contribution in [0.2, 0.25) is 0 Å². The van der Waals surface area contributed by atoms with Gasteiger partial charge in [0.2, 0.25) is 0 Å². The molecule has 0 unspecified atom stereocenters. The Hall–Kier alpha value is -3.08. The fraction of sp³-hybridized carbons (Fsp3) is 0.304. The van der Waals surface area contributed by atoms with E-state index in [1.807, 2.05) is 36.4 Å². The van der Waals surface area contributed by atoms with E-state index in [-0.39, 0.29) is 25.0 Å². The molecule has 28 heavy (non-hydrogen) atoms. The summed E-state index contributed by atoms with van der Waals surface area (Å²) >= 11 is 0. The van der Waals surface area contributed by atoms with Crippen LogP contribution in [0.15, 0.2) is 61.2 Å². The molecule has 0 bridgehead atoms. The van der Waals surface area contributed by atoms with E-state index < -0.39 is 18.1 Å². The maximum absolute atomic E-state index is 12.8. The topological polar surface area (TPSA) is 66.8 Å². The summed E-state index contributed by atoms with van der Waals surface area (Å²) < 4.78 is 5.61.